The van der Waals surface area contributed by atoms with Gasteiger partial charge in [0.05, 0.1) is 11.3 Å². The van der Waals surface area contributed by atoms with Crippen LogP contribution in [0.2, 0.25) is 0 Å². The molecule has 0 amide bonds. The molecule has 4 heteroatoms. The number of carbonyl (C=O) groups is 1. The van der Waals surface area contributed by atoms with E-state index in [1.165, 1.54) is 38.8 Å². The molecule has 1 radical (unpaired) electrons. The van der Waals surface area contributed by atoms with E-state index in [1.54, 1.807) is 6.92 Å². The van der Waals surface area contributed by atoms with Crippen molar-refractivity contribution < 1.29 is 30.0 Å². The number of aliphatic hydroxyl groups is 1. The number of benzene rings is 3. The first kappa shape index (κ1) is 37.4. The molecule has 1 aromatic heterocycles. The topological polar surface area (TPSA) is 50.2 Å². The van der Waals surface area contributed by atoms with Gasteiger partial charge in [-0.1, -0.05) is 99.6 Å². The van der Waals surface area contributed by atoms with Crippen LogP contribution < -0.4 is 0 Å². The minimum absolute atomic E-state index is 0. The van der Waals surface area contributed by atoms with Gasteiger partial charge >= 0.3 is 0 Å². The van der Waals surface area contributed by atoms with Gasteiger partial charge in [0.15, 0.2) is 5.78 Å². The second kappa shape index (κ2) is 15.2. The van der Waals surface area contributed by atoms with Gasteiger partial charge in [-0.05, 0) is 76.7 Å². The zero-order valence-electron chi connectivity index (χ0n) is 29.7. The molecule has 0 bridgehead atoms. The number of nitrogens with zero attached hydrogens (tertiary/aromatic N) is 1. The summed E-state index contributed by atoms with van der Waals surface area (Å²) in [5.74, 6) is 1.64. The number of fused-ring (bicyclic) bond motifs is 4. The van der Waals surface area contributed by atoms with Gasteiger partial charge in [-0.3, -0.25) is 9.78 Å². The predicted molar refractivity (Wildman–Crippen MR) is 191 cm³/mol. The molecule has 247 valence electrons. The van der Waals surface area contributed by atoms with Crippen molar-refractivity contribution in [1.29, 1.82) is 0 Å². The van der Waals surface area contributed by atoms with Gasteiger partial charge in [-0.15, -0.1) is 34.9 Å². The van der Waals surface area contributed by atoms with Crippen LogP contribution in [-0.2, 0) is 36.7 Å². The van der Waals surface area contributed by atoms with E-state index >= 15 is 0 Å². The smallest absolute Gasteiger partial charge is 0.162 e. The average Bonchev–Trinajstić information content (AvgIpc) is 3.16. The third kappa shape index (κ3) is 8.44. The Bertz CT molecular complexity index is 1720. The first-order valence-electron chi connectivity index (χ1n) is 16.6. The van der Waals surface area contributed by atoms with Crippen LogP contribution in [0.25, 0.3) is 33.3 Å². The molecule has 0 aliphatic heterocycles. The van der Waals surface area contributed by atoms with E-state index in [0.717, 1.165) is 28.8 Å². The fourth-order valence-corrected chi connectivity index (χ4v) is 6.50. The molecule has 4 aromatic rings. The Kier molecular flexibility index (Phi) is 12.4. The van der Waals surface area contributed by atoms with E-state index in [1.807, 2.05) is 27.7 Å². The molecule has 0 spiro atoms. The van der Waals surface area contributed by atoms with Crippen LogP contribution in [0.3, 0.4) is 0 Å². The molecule has 46 heavy (non-hydrogen) atoms. The Morgan fingerprint density at radius 3 is 2.11 bits per heavy atom. The molecule has 3 aromatic carbocycles. The van der Waals surface area contributed by atoms with Crippen molar-refractivity contribution in [2.45, 2.75) is 101 Å². The second-order valence-electron chi connectivity index (χ2n) is 14.8. The molecule has 1 N–H and O–H groups in total. The van der Waals surface area contributed by atoms with E-state index in [-0.39, 0.29) is 37.1 Å². The SMILES string of the molecule is C/C(C(=O)CC(C)C)=C(/O)CC(C)C.Cc1[c-]c(-c2cc(CC(C)C)c3cc4c(cc3n2)C(C)(C)c2ccccc2-4)cc(C)c1.[Ir]. The summed E-state index contributed by atoms with van der Waals surface area (Å²) in [7, 11) is 0. The molecular weight excluding hydrogens is 743 g/mol. The maximum Gasteiger partial charge on any atom is 0.162 e. The van der Waals surface area contributed by atoms with Crippen molar-refractivity contribution in [1.82, 2.24) is 4.98 Å². The monoisotopic (exact) mass is 795 g/mol. The third-order valence-corrected chi connectivity index (χ3v) is 8.70. The van der Waals surface area contributed by atoms with E-state index in [9.17, 15) is 9.90 Å². The van der Waals surface area contributed by atoms with Crippen LogP contribution in [0.1, 0.15) is 103 Å². The number of Topliss-reactive ketones (excluding diaryl/α,β-unsaturated/α-hetero) is 1. The number of aryl methyl sites for hydroxylation is 2. The Labute approximate surface area is 291 Å². The summed E-state index contributed by atoms with van der Waals surface area (Å²) >= 11 is 0. The number of carbonyl (C=O) groups excluding carboxylic acids is 1. The molecule has 1 heterocycles. The van der Waals surface area contributed by atoms with Crippen LogP contribution in [0.5, 0.6) is 0 Å². The molecule has 0 saturated heterocycles. The Morgan fingerprint density at radius 2 is 1.50 bits per heavy atom. The van der Waals surface area contributed by atoms with Gasteiger partial charge in [-0.25, -0.2) is 0 Å². The molecule has 0 fully saturated rings. The molecule has 1 aliphatic rings. The standard InChI is InChI=1S/C30H30N.C12H22O2.Ir/c1-18(2)11-21-15-28(22-13-19(3)12-20(4)14-22)31-29-17-27-25(16-24(21)29)23-9-7-8-10-26(23)30(27,5)6;1-8(2)6-11(13)10(5)12(14)7-9(3)4;/h7-10,12-13,15-18H,11H2,1-6H3;8-9,13H,6-7H2,1-5H3;/q-1;;/b;11-10-;. The number of hydrogen-bond acceptors (Lipinski definition) is 3. The maximum absolute atomic E-state index is 11.6. The van der Waals surface area contributed by atoms with E-state index < -0.39 is 0 Å². The van der Waals surface area contributed by atoms with Gasteiger partial charge in [-0.2, -0.15) is 0 Å². The number of allylic oxidation sites excluding steroid dienone is 2. The largest absolute Gasteiger partial charge is 0.512 e. The molecule has 5 rings (SSSR count). The van der Waals surface area contributed by atoms with E-state index in [4.69, 9.17) is 4.98 Å². The summed E-state index contributed by atoms with van der Waals surface area (Å²) in [6.45, 7) is 23.3. The van der Waals surface area contributed by atoms with Gasteiger partial charge < -0.3 is 5.11 Å². The van der Waals surface area contributed by atoms with Gasteiger partial charge in [0.2, 0.25) is 0 Å². The summed E-state index contributed by atoms with van der Waals surface area (Å²) in [6, 6.07) is 23.8. The predicted octanol–water partition coefficient (Wildman–Crippen LogP) is 11.3. The molecule has 0 atom stereocenters. The maximum atomic E-state index is 11.6. The number of aliphatic hydroxyl groups excluding tert-OH is 1. The van der Waals surface area contributed by atoms with Crippen LogP contribution in [0.15, 0.2) is 65.9 Å². The summed E-state index contributed by atoms with van der Waals surface area (Å²) in [5.41, 5.74) is 13.1. The van der Waals surface area contributed by atoms with Crippen molar-refractivity contribution in [3.8, 4) is 22.4 Å². The zero-order valence-corrected chi connectivity index (χ0v) is 32.1. The average molecular weight is 795 g/mol. The fourth-order valence-electron chi connectivity index (χ4n) is 6.50. The number of hydrogen-bond donors (Lipinski definition) is 1. The molecule has 0 saturated carbocycles. The minimum atomic E-state index is -0.0118. The third-order valence-electron chi connectivity index (χ3n) is 8.70. The van der Waals surface area contributed by atoms with Crippen molar-refractivity contribution in [2.75, 3.05) is 0 Å². The number of ketones is 1. The Morgan fingerprint density at radius 1 is 0.848 bits per heavy atom. The van der Waals surface area contributed by atoms with Gasteiger partial charge in [0.25, 0.3) is 0 Å². The minimum Gasteiger partial charge on any atom is -0.512 e. The number of aromatic nitrogens is 1. The first-order chi connectivity index (χ1) is 21.1. The van der Waals surface area contributed by atoms with Crippen LogP contribution in [-0.4, -0.2) is 15.9 Å². The van der Waals surface area contributed by atoms with Crippen molar-refractivity contribution in [2.24, 2.45) is 17.8 Å². The van der Waals surface area contributed by atoms with Crippen molar-refractivity contribution in [3.63, 3.8) is 0 Å². The zero-order chi connectivity index (χ0) is 33.2. The van der Waals surface area contributed by atoms with Gasteiger partial charge in [0.1, 0.15) is 0 Å². The van der Waals surface area contributed by atoms with Crippen molar-refractivity contribution in [3.05, 3.63) is 99.8 Å². The Balaban J connectivity index is 0.000000329. The number of rotatable bonds is 8. The number of pyridine rings is 1. The fraction of sp³-hybridized carbons (Fsp3) is 0.429. The van der Waals surface area contributed by atoms with Crippen molar-refractivity contribution >= 4 is 16.7 Å². The normalized spacial score (nSPS) is 13.6. The summed E-state index contributed by atoms with van der Waals surface area (Å²) in [6.07, 6.45) is 2.16. The summed E-state index contributed by atoms with van der Waals surface area (Å²) in [5, 5.41) is 10.9. The van der Waals surface area contributed by atoms with Crippen LogP contribution in [0, 0.1) is 37.7 Å². The molecule has 3 nitrogen and oxygen atoms in total. The van der Waals surface area contributed by atoms with Gasteiger partial charge in [0, 0.05) is 49.3 Å². The molecule has 1 aliphatic carbocycles. The first-order valence-corrected chi connectivity index (χ1v) is 16.6. The Hall–Kier alpha value is -3.07. The van der Waals surface area contributed by atoms with Crippen LogP contribution >= 0.6 is 0 Å². The van der Waals surface area contributed by atoms with Crippen LogP contribution in [0.4, 0.5) is 0 Å². The summed E-state index contributed by atoms with van der Waals surface area (Å²) in [4.78, 5) is 16.7. The molecule has 0 unspecified atom stereocenters. The quantitative estimate of drug-likeness (QED) is 0.110. The van der Waals surface area contributed by atoms with E-state index in [0.29, 0.717) is 36.2 Å². The summed E-state index contributed by atoms with van der Waals surface area (Å²) < 4.78 is 0. The van der Waals surface area contributed by atoms with E-state index in [2.05, 4.69) is 102 Å². The molecular formula is C42H52IrNO2-. The second-order valence-corrected chi connectivity index (χ2v) is 14.8.